The normalized spacial score (nSPS) is 23.7. The fourth-order valence-electron chi connectivity index (χ4n) is 3.17. The molecule has 0 amide bonds. The molecule has 1 aromatic carbocycles. The van der Waals surface area contributed by atoms with E-state index in [1.807, 2.05) is 0 Å². The SMILES string of the molecule is CC(=O)OC[C@H]1O[C@H](Oc2ccc(OC(C)=O)cc2)[C@H](OC(C)=O)[C@@H](OC(C)=O)[C@H]1OC(C)=O. The van der Waals surface area contributed by atoms with Gasteiger partial charge in [-0.1, -0.05) is 0 Å². The molecule has 1 aliphatic heterocycles. The Hall–Kier alpha value is -3.67. The first kappa shape index (κ1) is 26.6. The van der Waals surface area contributed by atoms with Gasteiger partial charge < -0.3 is 33.2 Å². The molecule has 1 saturated heterocycles. The Balaban J connectivity index is 2.40. The second-order valence-electron chi connectivity index (χ2n) is 7.25. The molecule has 0 aliphatic carbocycles. The summed E-state index contributed by atoms with van der Waals surface area (Å²) in [5.41, 5.74) is 0. The van der Waals surface area contributed by atoms with Crippen molar-refractivity contribution in [3.63, 3.8) is 0 Å². The second-order valence-corrected chi connectivity index (χ2v) is 7.25. The third kappa shape index (κ3) is 8.03. The van der Waals surface area contributed by atoms with Crippen LogP contribution in [0.4, 0.5) is 0 Å². The summed E-state index contributed by atoms with van der Waals surface area (Å²) in [6.07, 6.45) is -6.47. The standard InChI is InChI=1S/C22H26O12/c1-11(23)28-10-18-19(30-13(3)25)20(31-14(4)26)21(32-15(5)27)22(34-18)33-17-8-6-16(7-9-17)29-12(2)24/h6-9,18-22H,10H2,1-5H3/t18-,19+,20+,21-,22+/m1/s1. The van der Waals surface area contributed by atoms with E-state index in [1.165, 1.54) is 38.1 Å². The van der Waals surface area contributed by atoms with Crippen LogP contribution in [0, 0.1) is 0 Å². The van der Waals surface area contributed by atoms with Gasteiger partial charge in [-0.15, -0.1) is 0 Å². The molecule has 0 aromatic heterocycles. The molecule has 1 fully saturated rings. The lowest BCUT2D eigenvalue weighted by Gasteiger charge is -2.43. The molecule has 0 N–H and O–H groups in total. The second kappa shape index (κ2) is 12.0. The van der Waals surface area contributed by atoms with E-state index in [2.05, 4.69) is 0 Å². The van der Waals surface area contributed by atoms with E-state index in [1.54, 1.807) is 0 Å². The van der Waals surface area contributed by atoms with Crippen LogP contribution in [-0.2, 0) is 47.7 Å². The van der Waals surface area contributed by atoms with Gasteiger partial charge in [-0.25, -0.2) is 0 Å². The minimum atomic E-state index is -1.36. The number of carbonyl (C=O) groups excluding carboxylic acids is 5. The first-order valence-electron chi connectivity index (χ1n) is 10.2. The molecule has 0 bridgehead atoms. The topological polar surface area (TPSA) is 150 Å². The molecule has 0 radical (unpaired) electrons. The van der Waals surface area contributed by atoms with Gasteiger partial charge in [0.1, 0.15) is 24.2 Å². The summed E-state index contributed by atoms with van der Waals surface area (Å²) in [4.78, 5) is 57.8. The maximum Gasteiger partial charge on any atom is 0.308 e. The van der Waals surface area contributed by atoms with Crippen molar-refractivity contribution < 1.29 is 57.1 Å². The Morgan fingerprint density at radius 1 is 0.676 bits per heavy atom. The number of ether oxygens (including phenoxy) is 7. The molecule has 12 nitrogen and oxygen atoms in total. The van der Waals surface area contributed by atoms with Gasteiger partial charge in [0.15, 0.2) is 12.2 Å². The van der Waals surface area contributed by atoms with Crippen molar-refractivity contribution >= 4 is 29.8 Å². The van der Waals surface area contributed by atoms with E-state index in [-0.39, 0.29) is 18.1 Å². The van der Waals surface area contributed by atoms with E-state index in [0.717, 1.165) is 20.8 Å². The van der Waals surface area contributed by atoms with E-state index in [9.17, 15) is 24.0 Å². The Morgan fingerprint density at radius 2 is 1.18 bits per heavy atom. The maximum atomic E-state index is 11.8. The van der Waals surface area contributed by atoms with Crippen molar-refractivity contribution in [3.8, 4) is 11.5 Å². The molecule has 12 heteroatoms. The van der Waals surface area contributed by atoms with E-state index < -0.39 is 60.6 Å². The minimum absolute atomic E-state index is 0.219. The zero-order chi connectivity index (χ0) is 25.4. The number of hydrogen-bond donors (Lipinski definition) is 0. The average Bonchev–Trinajstić information content (AvgIpc) is 2.71. The molecular formula is C22H26O12. The summed E-state index contributed by atoms with van der Waals surface area (Å²) in [6.45, 7) is 5.43. The zero-order valence-electron chi connectivity index (χ0n) is 19.3. The van der Waals surface area contributed by atoms with Crippen LogP contribution in [-0.4, -0.2) is 67.2 Å². The summed E-state index contributed by atoms with van der Waals surface area (Å²) >= 11 is 0. The highest BCUT2D eigenvalue weighted by molar-refractivity contribution is 5.69. The van der Waals surface area contributed by atoms with Crippen LogP contribution in [0.25, 0.3) is 0 Å². The van der Waals surface area contributed by atoms with Gasteiger partial charge in [0.25, 0.3) is 0 Å². The van der Waals surface area contributed by atoms with Crippen LogP contribution in [0.15, 0.2) is 24.3 Å². The van der Waals surface area contributed by atoms with E-state index >= 15 is 0 Å². The quantitative estimate of drug-likeness (QED) is 0.296. The zero-order valence-corrected chi connectivity index (χ0v) is 19.3. The Labute approximate surface area is 195 Å². The van der Waals surface area contributed by atoms with Crippen molar-refractivity contribution in [2.45, 2.75) is 65.3 Å². The minimum Gasteiger partial charge on any atom is -0.463 e. The van der Waals surface area contributed by atoms with Crippen LogP contribution >= 0.6 is 0 Å². The van der Waals surface area contributed by atoms with Crippen molar-refractivity contribution in [1.82, 2.24) is 0 Å². The predicted molar refractivity (Wildman–Crippen MR) is 110 cm³/mol. The van der Waals surface area contributed by atoms with Crippen LogP contribution in [0.2, 0.25) is 0 Å². The lowest BCUT2D eigenvalue weighted by Crippen LogP contribution is -2.63. The van der Waals surface area contributed by atoms with Gasteiger partial charge in [0, 0.05) is 34.6 Å². The predicted octanol–water partition coefficient (Wildman–Crippen LogP) is 1.07. The lowest BCUT2D eigenvalue weighted by molar-refractivity contribution is -0.288. The van der Waals surface area contributed by atoms with Gasteiger partial charge in [-0.2, -0.15) is 0 Å². The van der Waals surface area contributed by atoms with Crippen LogP contribution in [0.3, 0.4) is 0 Å². The van der Waals surface area contributed by atoms with Crippen LogP contribution in [0.5, 0.6) is 11.5 Å². The molecule has 1 heterocycles. The fraction of sp³-hybridized carbons (Fsp3) is 0.500. The molecule has 1 aromatic rings. The number of rotatable bonds is 8. The lowest BCUT2D eigenvalue weighted by atomic mass is 9.98. The number of carbonyl (C=O) groups is 5. The molecule has 0 saturated carbocycles. The van der Waals surface area contributed by atoms with Gasteiger partial charge in [-0.3, -0.25) is 24.0 Å². The summed E-state index contributed by atoms with van der Waals surface area (Å²) in [5, 5.41) is 0. The maximum absolute atomic E-state index is 11.8. The first-order chi connectivity index (χ1) is 16.0. The molecule has 0 spiro atoms. The fourth-order valence-corrected chi connectivity index (χ4v) is 3.17. The van der Waals surface area contributed by atoms with Gasteiger partial charge in [-0.05, 0) is 24.3 Å². The number of esters is 5. The highest BCUT2D eigenvalue weighted by Crippen LogP contribution is 2.31. The summed E-state index contributed by atoms with van der Waals surface area (Å²) in [6, 6.07) is 5.85. The van der Waals surface area contributed by atoms with Crippen molar-refractivity contribution in [1.29, 1.82) is 0 Å². The highest BCUT2D eigenvalue weighted by Gasteiger charge is 2.53. The summed E-state index contributed by atoms with van der Waals surface area (Å²) < 4.78 is 37.6. The van der Waals surface area contributed by atoms with Crippen LogP contribution in [0.1, 0.15) is 34.6 Å². The number of benzene rings is 1. The van der Waals surface area contributed by atoms with Gasteiger partial charge >= 0.3 is 29.8 Å². The van der Waals surface area contributed by atoms with Crippen molar-refractivity contribution in [2.24, 2.45) is 0 Å². The average molecular weight is 482 g/mol. The monoisotopic (exact) mass is 482 g/mol. The summed E-state index contributed by atoms with van der Waals surface area (Å²) in [5.74, 6) is -2.89. The first-order valence-corrected chi connectivity index (χ1v) is 10.2. The largest absolute Gasteiger partial charge is 0.463 e. The van der Waals surface area contributed by atoms with Gasteiger partial charge in [0.2, 0.25) is 12.4 Å². The molecular weight excluding hydrogens is 456 g/mol. The highest BCUT2D eigenvalue weighted by atomic mass is 16.7. The Morgan fingerprint density at radius 3 is 1.68 bits per heavy atom. The molecule has 186 valence electrons. The van der Waals surface area contributed by atoms with E-state index in [0.29, 0.717) is 0 Å². The Bertz CT molecular complexity index is 909. The summed E-state index contributed by atoms with van der Waals surface area (Å²) in [7, 11) is 0. The third-order valence-corrected chi connectivity index (χ3v) is 4.29. The molecule has 0 unspecified atom stereocenters. The smallest absolute Gasteiger partial charge is 0.308 e. The molecule has 5 atom stereocenters. The van der Waals surface area contributed by atoms with Crippen molar-refractivity contribution in [2.75, 3.05) is 6.61 Å². The van der Waals surface area contributed by atoms with Crippen LogP contribution < -0.4 is 9.47 Å². The molecule has 2 rings (SSSR count). The Kier molecular flexibility index (Phi) is 9.36. The number of hydrogen-bond acceptors (Lipinski definition) is 12. The molecule has 1 aliphatic rings. The molecule has 34 heavy (non-hydrogen) atoms. The van der Waals surface area contributed by atoms with E-state index in [4.69, 9.17) is 33.2 Å². The van der Waals surface area contributed by atoms with Crippen molar-refractivity contribution in [3.05, 3.63) is 24.3 Å². The third-order valence-electron chi connectivity index (χ3n) is 4.29. The van der Waals surface area contributed by atoms with Gasteiger partial charge in [0.05, 0.1) is 0 Å².